The Balaban J connectivity index is 0.924. The van der Waals surface area contributed by atoms with Crippen LogP contribution in [0.15, 0.2) is 120 Å². The molecule has 4 N–H and O–H groups in total. The van der Waals surface area contributed by atoms with E-state index in [2.05, 4.69) is 134 Å². The maximum Gasteiger partial charge on any atom is 0.427 e. The maximum absolute atomic E-state index is 14.9. The van der Waals surface area contributed by atoms with E-state index in [0.29, 0.717) is 27.3 Å². The lowest BCUT2D eigenvalue weighted by molar-refractivity contribution is -0.109. The van der Waals surface area contributed by atoms with Gasteiger partial charge in [0.05, 0.1) is 28.7 Å². The molecule has 6 aromatic carbocycles. The van der Waals surface area contributed by atoms with Crippen LogP contribution < -0.4 is 46.7 Å². The van der Waals surface area contributed by atoms with Crippen molar-refractivity contribution in [3.8, 4) is 11.5 Å². The van der Waals surface area contributed by atoms with Crippen molar-refractivity contribution in [2.45, 2.75) is 245 Å². The van der Waals surface area contributed by atoms with Gasteiger partial charge in [0.1, 0.15) is 17.3 Å². The molecule has 0 saturated carbocycles. The van der Waals surface area contributed by atoms with Crippen molar-refractivity contribution in [1.29, 1.82) is 0 Å². The van der Waals surface area contributed by atoms with Gasteiger partial charge < -0.3 is 35.2 Å². The lowest BCUT2D eigenvalue weighted by Gasteiger charge is -2.31. The zero-order valence-electron chi connectivity index (χ0n) is 51.9. The lowest BCUT2D eigenvalue weighted by atomic mass is 9.65. The normalized spacial score (nSPS) is 14.3. The van der Waals surface area contributed by atoms with Gasteiger partial charge in [-0.05, 0) is 109 Å². The van der Waals surface area contributed by atoms with Crippen molar-refractivity contribution < 1.29 is 19.4 Å². The average Bonchev–Trinajstić information content (AvgIpc) is 1.07. The summed E-state index contributed by atoms with van der Waals surface area (Å²) in [6, 6.07) is 37.6. The molecule has 1 aliphatic carbocycles. The van der Waals surface area contributed by atoms with Gasteiger partial charge in [-0.2, -0.15) is 0 Å². The Labute approximate surface area is 505 Å². The van der Waals surface area contributed by atoms with E-state index >= 15 is 0 Å². The van der Waals surface area contributed by atoms with Crippen molar-refractivity contribution in [3.63, 3.8) is 0 Å². The smallest absolute Gasteiger partial charge is 0.427 e. The number of Topliss-reactive ketones (excluding diaryl/α,β-unsaturated/α-hetero) is 1. The number of ketones is 1. The van der Waals surface area contributed by atoms with E-state index in [0.717, 1.165) is 86.7 Å². The third-order valence-electron chi connectivity index (χ3n) is 18.2. The minimum absolute atomic E-state index is 0.00332. The van der Waals surface area contributed by atoms with Crippen LogP contribution >= 0.6 is 0 Å². The number of allylic oxidation sites excluding steroid dienone is 2. The van der Waals surface area contributed by atoms with E-state index in [9.17, 15) is 9.90 Å². The first-order valence-electron chi connectivity index (χ1n) is 33.9. The number of anilines is 3. The second kappa shape index (κ2) is 32.9. The molecule has 0 aromatic heterocycles. The number of carbonyl (C=O) groups excluding carboxylic acids is 1. The molecule has 10 heteroatoms. The highest BCUT2D eigenvalue weighted by Crippen LogP contribution is 2.45. The first-order chi connectivity index (χ1) is 41.4. The highest BCUT2D eigenvalue weighted by Gasteiger charge is 2.39. The van der Waals surface area contributed by atoms with Gasteiger partial charge in [-0.25, -0.2) is 0 Å². The van der Waals surface area contributed by atoms with E-state index in [4.69, 9.17) is 14.4 Å². The highest BCUT2D eigenvalue weighted by molar-refractivity contribution is 6.80. The van der Waals surface area contributed by atoms with Crippen LogP contribution in [-0.2, 0) is 4.79 Å². The van der Waals surface area contributed by atoms with Gasteiger partial charge >= 0.3 is 14.0 Å². The van der Waals surface area contributed by atoms with Crippen LogP contribution in [0, 0.1) is 0 Å². The van der Waals surface area contributed by atoms with Gasteiger partial charge in [-0.15, -0.1) is 0 Å². The largest absolute Gasteiger partial charge is 0.506 e. The topological polar surface area (TPSA) is 104 Å². The Morgan fingerprint density at radius 1 is 0.440 bits per heavy atom. The van der Waals surface area contributed by atoms with Gasteiger partial charge in [0, 0.05) is 38.6 Å². The summed E-state index contributed by atoms with van der Waals surface area (Å²) in [6.07, 6.45) is 41.3. The average molecular weight is 1130 g/mol. The molecule has 9 rings (SSSR count). The molecule has 0 radical (unpaired) electrons. The quantitative estimate of drug-likeness (QED) is 0.0225. The first kappa shape index (κ1) is 62.4. The second-order valence-electron chi connectivity index (χ2n) is 24.8. The number of aliphatic hydroxyl groups excluding tert-OH is 1. The van der Waals surface area contributed by atoms with E-state index in [1.807, 2.05) is 18.2 Å². The summed E-state index contributed by atoms with van der Waals surface area (Å²) in [5.74, 6) is 1.62. The molecule has 3 aliphatic rings. The Morgan fingerprint density at radius 2 is 0.869 bits per heavy atom. The van der Waals surface area contributed by atoms with Crippen LogP contribution in [0.2, 0.25) is 0 Å². The van der Waals surface area contributed by atoms with E-state index in [1.54, 1.807) is 0 Å². The number of hydrogen-bond acceptors (Lipinski definition) is 8. The number of benzene rings is 6. The minimum Gasteiger partial charge on any atom is -0.506 e. The van der Waals surface area contributed by atoms with Crippen molar-refractivity contribution in [2.24, 2.45) is 4.90 Å². The maximum atomic E-state index is 14.9. The predicted molar refractivity (Wildman–Crippen MR) is 360 cm³/mol. The molecule has 6 aromatic rings. The van der Waals surface area contributed by atoms with Crippen molar-refractivity contribution in [3.05, 3.63) is 131 Å². The summed E-state index contributed by atoms with van der Waals surface area (Å²) < 4.78 is 13.6. The number of hydrogen-bond donors (Lipinski definition) is 4. The van der Waals surface area contributed by atoms with Crippen LogP contribution in [-0.4, -0.2) is 37.1 Å². The Bertz CT molecular complexity index is 3160. The summed E-state index contributed by atoms with van der Waals surface area (Å²) in [7, 11) is 0. The van der Waals surface area contributed by atoms with Crippen molar-refractivity contribution in [1.82, 2.24) is 0 Å². The fraction of sp³-hybridized carbons (Fsp3) is 0.514. The molecule has 0 fully saturated rings. The molecule has 0 bridgehead atoms. The molecule has 446 valence electrons. The monoisotopic (exact) mass is 1130 g/mol. The number of ether oxygens (including phenoxy) is 2. The third-order valence-corrected chi connectivity index (χ3v) is 18.2. The van der Waals surface area contributed by atoms with Gasteiger partial charge in [0.25, 0.3) is 0 Å². The summed E-state index contributed by atoms with van der Waals surface area (Å²) in [4.78, 5) is 20.3. The zero-order valence-corrected chi connectivity index (χ0v) is 51.9. The minimum atomic E-state index is -0.403. The zero-order chi connectivity index (χ0) is 58.3. The number of aliphatic hydroxyl groups is 1. The predicted octanol–water partition coefficient (Wildman–Crippen LogP) is 18.4. The fourth-order valence-corrected chi connectivity index (χ4v) is 13.2. The van der Waals surface area contributed by atoms with Gasteiger partial charge in [-0.1, -0.05) is 255 Å². The first-order valence-corrected chi connectivity index (χ1v) is 33.9. The standard InChI is InChI=1S/C74H100B2N4O4/c1-5-9-13-17-21-25-29-37-59(38-30-26-22-18-14-10-6-2)83-61-49-45-57(46-50-61)75-77-65-41-33-35-55-43-53-63(71(79-75)67(55)65)69-73(81)70(74(69)82)64-54-44-56-36-34-42-66-68(56)72(64)80-76(78-66)58-47-51-62(52-48-58)84-60(39-31-27-23-19-15-11-7-3)40-32-28-24-20-16-12-8-4/h33-36,41-54,59-60,77-79,81H,5-32,37-40H2,1-4H3. The van der Waals surface area contributed by atoms with Gasteiger partial charge in [0.15, 0.2) is 0 Å². The highest BCUT2D eigenvalue weighted by atomic mass is 16.5. The molecule has 0 unspecified atom stereocenters. The summed E-state index contributed by atoms with van der Waals surface area (Å²) in [5, 5.41) is 28.9. The molecule has 0 spiro atoms. The van der Waals surface area contributed by atoms with Crippen LogP contribution in [0.4, 0.5) is 17.1 Å². The van der Waals surface area contributed by atoms with Gasteiger partial charge in [-0.3, -0.25) is 4.79 Å². The molecule has 0 saturated heterocycles. The SMILES string of the molecule is CCCCCCCCCC(CCCCCCCCC)Oc1ccc(B2N=c3c(=C4C(=O)C(c5ccc6cccc7c6c5NB(c5ccc(OC(CCCCCCCCC)CCCCCCCCC)cc5)N7)=C4O)ccc4cccc(c34)N2)cc1. The van der Waals surface area contributed by atoms with Crippen LogP contribution in [0.5, 0.6) is 11.5 Å². The Hall–Kier alpha value is -6.15. The van der Waals surface area contributed by atoms with Crippen molar-refractivity contribution in [2.75, 3.05) is 15.7 Å². The molecule has 84 heavy (non-hydrogen) atoms. The molecule has 2 heterocycles. The lowest BCUT2D eigenvalue weighted by Crippen LogP contribution is -2.48. The molecular weight excluding hydrogens is 1030 g/mol. The number of rotatable bonds is 39. The third kappa shape index (κ3) is 16.6. The van der Waals surface area contributed by atoms with Crippen molar-refractivity contribution >= 4 is 80.4 Å². The molecular formula is C74H100B2N4O4. The Kier molecular flexibility index (Phi) is 24.5. The molecule has 2 aliphatic heterocycles. The van der Waals surface area contributed by atoms with Crippen LogP contribution in [0.1, 0.15) is 239 Å². The number of nitrogens with zero attached hydrogens (tertiary/aromatic N) is 1. The number of unbranched alkanes of at least 4 members (excludes halogenated alkanes) is 24. The van der Waals surface area contributed by atoms with E-state index in [1.165, 1.54) is 180 Å². The van der Waals surface area contributed by atoms with Gasteiger partial charge in [0.2, 0.25) is 5.78 Å². The summed E-state index contributed by atoms with van der Waals surface area (Å²) >= 11 is 0. The van der Waals surface area contributed by atoms with E-state index in [-0.39, 0.29) is 30.7 Å². The summed E-state index contributed by atoms with van der Waals surface area (Å²) in [5.41, 5.74) is 6.13. The van der Waals surface area contributed by atoms with Crippen LogP contribution in [0.3, 0.4) is 0 Å². The second-order valence-corrected chi connectivity index (χ2v) is 24.8. The summed E-state index contributed by atoms with van der Waals surface area (Å²) in [6.45, 7) is 8.45. The molecule has 8 nitrogen and oxygen atoms in total. The number of carbonyl (C=O) groups is 1. The van der Waals surface area contributed by atoms with Crippen LogP contribution in [0.25, 0.3) is 32.7 Å². The molecule has 0 amide bonds. The number of nitrogens with one attached hydrogen (secondary N) is 3. The molecule has 0 atom stereocenters. The van der Waals surface area contributed by atoms with E-state index < -0.39 is 6.98 Å². The Morgan fingerprint density at radius 3 is 1.35 bits per heavy atom. The fourth-order valence-electron chi connectivity index (χ4n) is 13.2.